The molecule has 0 aromatic heterocycles. The predicted octanol–water partition coefficient (Wildman–Crippen LogP) is 0.818. The first-order chi connectivity index (χ1) is 6.85. The van der Waals surface area contributed by atoms with Crippen LogP contribution in [0.25, 0.3) is 0 Å². The molecule has 0 aromatic rings. The molecule has 2 aliphatic heterocycles. The second-order valence-electron chi connectivity index (χ2n) is 5.82. The number of rotatable bonds is 2. The number of hydrogen-bond donors (Lipinski definition) is 1. The summed E-state index contributed by atoms with van der Waals surface area (Å²) in [5, 5.41) is 9.23. The molecule has 2 saturated heterocycles. The standard InChI is InChI=1S/C11H19NO3/c1-10(2)5-12(6-10)8-4-15-7-11(8,3)9(13)14/h8H,4-7H2,1-3H3,(H,13,14). The molecule has 1 N–H and O–H groups in total. The van der Waals surface area contributed by atoms with Gasteiger partial charge in [-0.05, 0) is 12.3 Å². The van der Waals surface area contributed by atoms with E-state index in [1.165, 1.54) is 0 Å². The Hall–Kier alpha value is -0.610. The zero-order chi connectivity index (χ0) is 11.3. The highest BCUT2D eigenvalue weighted by atomic mass is 16.5. The van der Waals surface area contributed by atoms with E-state index < -0.39 is 11.4 Å². The van der Waals surface area contributed by atoms with Crippen LogP contribution in [-0.4, -0.2) is 48.3 Å². The van der Waals surface area contributed by atoms with Gasteiger partial charge in [0, 0.05) is 13.1 Å². The summed E-state index contributed by atoms with van der Waals surface area (Å²) >= 11 is 0. The third-order valence-corrected chi connectivity index (χ3v) is 3.60. The van der Waals surface area contributed by atoms with Gasteiger partial charge >= 0.3 is 5.97 Å². The van der Waals surface area contributed by atoms with Crippen LogP contribution in [0.5, 0.6) is 0 Å². The molecule has 2 rings (SSSR count). The number of ether oxygens (including phenoxy) is 1. The Labute approximate surface area is 90.2 Å². The van der Waals surface area contributed by atoms with Gasteiger partial charge in [0.15, 0.2) is 0 Å². The number of hydrogen-bond acceptors (Lipinski definition) is 3. The minimum absolute atomic E-state index is 0.0445. The van der Waals surface area contributed by atoms with Crippen molar-refractivity contribution in [2.24, 2.45) is 10.8 Å². The van der Waals surface area contributed by atoms with Crippen LogP contribution < -0.4 is 0 Å². The molecule has 4 nitrogen and oxygen atoms in total. The minimum atomic E-state index is -0.741. The molecule has 2 aliphatic rings. The molecule has 0 radical (unpaired) electrons. The van der Waals surface area contributed by atoms with Crippen molar-refractivity contribution in [1.29, 1.82) is 0 Å². The highest BCUT2D eigenvalue weighted by Crippen LogP contribution is 2.39. The second-order valence-corrected chi connectivity index (χ2v) is 5.82. The van der Waals surface area contributed by atoms with Crippen LogP contribution >= 0.6 is 0 Å². The lowest BCUT2D eigenvalue weighted by atomic mass is 9.77. The zero-order valence-electron chi connectivity index (χ0n) is 9.62. The molecule has 0 saturated carbocycles. The van der Waals surface area contributed by atoms with Gasteiger partial charge in [0.05, 0.1) is 19.3 Å². The maximum atomic E-state index is 11.2. The smallest absolute Gasteiger partial charge is 0.313 e. The average Bonchev–Trinajstić information content (AvgIpc) is 2.44. The normalized spacial score (nSPS) is 40.1. The summed E-state index contributed by atoms with van der Waals surface area (Å²) < 4.78 is 5.34. The molecule has 0 aliphatic carbocycles. The first-order valence-corrected chi connectivity index (χ1v) is 5.40. The number of aliphatic carboxylic acids is 1. The van der Waals surface area contributed by atoms with Crippen LogP contribution in [0.2, 0.25) is 0 Å². The summed E-state index contributed by atoms with van der Waals surface area (Å²) in [5.74, 6) is -0.741. The largest absolute Gasteiger partial charge is 0.481 e. The molecule has 0 aromatic carbocycles. The van der Waals surface area contributed by atoms with Crippen molar-refractivity contribution in [3.05, 3.63) is 0 Å². The molecule has 2 heterocycles. The molecule has 0 spiro atoms. The predicted molar refractivity (Wildman–Crippen MR) is 55.7 cm³/mol. The van der Waals surface area contributed by atoms with E-state index in [0.29, 0.717) is 18.6 Å². The quantitative estimate of drug-likeness (QED) is 0.737. The van der Waals surface area contributed by atoms with Crippen LogP contribution in [0.15, 0.2) is 0 Å². The fourth-order valence-corrected chi connectivity index (χ4v) is 2.65. The van der Waals surface area contributed by atoms with Crippen molar-refractivity contribution >= 4 is 5.97 Å². The number of carboxylic acid groups (broad SMARTS) is 1. The Morgan fingerprint density at radius 3 is 2.47 bits per heavy atom. The van der Waals surface area contributed by atoms with E-state index in [4.69, 9.17) is 4.74 Å². The summed E-state index contributed by atoms with van der Waals surface area (Å²) in [4.78, 5) is 13.5. The molecular formula is C11H19NO3. The lowest BCUT2D eigenvalue weighted by Gasteiger charge is -2.51. The van der Waals surface area contributed by atoms with E-state index in [1.54, 1.807) is 6.92 Å². The average molecular weight is 213 g/mol. The lowest BCUT2D eigenvalue weighted by Crippen LogP contribution is -2.62. The molecule has 15 heavy (non-hydrogen) atoms. The molecule has 0 amide bonds. The van der Waals surface area contributed by atoms with E-state index in [1.807, 2.05) is 0 Å². The molecule has 86 valence electrons. The van der Waals surface area contributed by atoms with Gasteiger partial charge in [0.2, 0.25) is 0 Å². The molecule has 2 unspecified atom stereocenters. The van der Waals surface area contributed by atoms with Crippen LogP contribution in [0.1, 0.15) is 20.8 Å². The van der Waals surface area contributed by atoms with Crippen molar-refractivity contribution in [2.75, 3.05) is 26.3 Å². The number of carboxylic acids is 1. The summed E-state index contributed by atoms with van der Waals surface area (Å²) in [6.45, 7) is 9.05. The van der Waals surface area contributed by atoms with E-state index >= 15 is 0 Å². The second kappa shape index (κ2) is 3.19. The fourth-order valence-electron chi connectivity index (χ4n) is 2.65. The molecule has 4 heteroatoms. The van der Waals surface area contributed by atoms with Crippen LogP contribution in [0.3, 0.4) is 0 Å². The third-order valence-electron chi connectivity index (χ3n) is 3.60. The van der Waals surface area contributed by atoms with Gasteiger partial charge < -0.3 is 9.84 Å². The first-order valence-electron chi connectivity index (χ1n) is 5.40. The number of likely N-dealkylation sites (tertiary alicyclic amines) is 1. The maximum absolute atomic E-state index is 11.2. The van der Waals surface area contributed by atoms with E-state index in [2.05, 4.69) is 18.7 Å². The molecule has 2 fully saturated rings. The van der Waals surface area contributed by atoms with Crippen LogP contribution in [0.4, 0.5) is 0 Å². The summed E-state index contributed by atoms with van der Waals surface area (Å²) in [6, 6.07) is 0.0445. The summed E-state index contributed by atoms with van der Waals surface area (Å²) in [6.07, 6.45) is 0. The molecule has 0 bridgehead atoms. The third kappa shape index (κ3) is 1.66. The van der Waals surface area contributed by atoms with Gasteiger partial charge in [0.25, 0.3) is 0 Å². The van der Waals surface area contributed by atoms with Gasteiger partial charge in [-0.3, -0.25) is 9.69 Å². The van der Waals surface area contributed by atoms with Crippen molar-refractivity contribution in [1.82, 2.24) is 4.90 Å². The van der Waals surface area contributed by atoms with E-state index in [9.17, 15) is 9.90 Å². The van der Waals surface area contributed by atoms with Gasteiger partial charge in [-0.15, -0.1) is 0 Å². The topological polar surface area (TPSA) is 49.8 Å². The Morgan fingerprint density at radius 1 is 1.40 bits per heavy atom. The number of nitrogens with zero attached hydrogens (tertiary/aromatic N) is 1. The van der Waals surface area contributed by atoms with Crippen molar-refractivity contribution in [3.63, 3.8) is 0 Å². The lowest BCUT2D eigenvalue weighted by molar-refractivity contribution is -0.153. The number of carbonyl (C=O) groups is 1. The van der Waals surface area contributed by atoms with Crippen molar-refractivity contribution in [3.8, 4) is 0 Å². The Bertz CT molecular complexity index is 282. The Balaban J connectivity index is 2.07. The maximum Gasteiger partial charge on any atom is 0.313 e. The molecule has 2 atom stereocenters. The van der Waals surface area contributed by atoms with Crippen molar-refractivity contribution < 1.29 is 14.6 Å². The summed E-state index contributed by atoms with van der Waals surface area (Å²) in [7, 11) is 0. The van der Waals surface area contributed by atoms with Gasteiger partial charge in [-0.1, -0.05) is 13.8 Å². The Morgan fingerprint density at radius 2 is 2.00 bits per heavy atom. The SMILES string of the molecule is CC1(C)CN(C2COCC2(C)C(=O)O)C1. The zero-order valence-corrected chi connectivity index (χ0v) is 9.62. The summed E-state index contributed by atoms with van der Waals surface area (Å²) in [5.41, 5.74) is -0.390. The highest BCUT2D eigenvalue weighted by Gasteiger charge is 2.53. The van der Waals surface area contributed by atoms with Crippen LogP contribution in [0, 0.1) is 10.8 Å². The Kier molecular flexibility index (Phi) is 2.32. The highest BCUT2D eigenvalue weighted by molar-refractivity contribution is 5.75. The first kappa shape index (κ1) is 10.9. The van der Waals surface area contributed by atoms with Crippen LogP contribution in [-0.2, 0) is 9.53 Å². The van der Waals surface area contributed by atoms with E-state index in [0.717, 1.165) is 13.1 Å². The van der Waals surface area contributed by atoms with Crippen molar-refractivity contribution in [2.45, 2.75) is 26.8 Å². The minimum Gasteiger partial charge on any atom is -0.481 e. The van der Waals surface area contributed by atoms with Gasteiger partial charge in [-0.25, -0.2) is 0 Å². The van der Waals surface area contributed by atoms with Gasteiger partial charge in [-0.2, -0.15) is 0 Å². The monoisotopic (exact) mass is 213 g/mol. The van der Waals surface area contributed by atoms with Gasteiger partial charge in [0.1, 0.15) is 5.41 Å². The van der Waals surface area contributed by atoms with E-state index in [-0.39, 0.29) is 6.04 Å². The fraction of sp³-hybridized carbons (Fsp3) is 0.909. The molecular weight excluding hydrogens is 194 g/mol.